The van der Waals surface area contributed by atoms with Gasteiger partial charge >= 0.3 is 11.4 Å². The van der Waals surface area contributed by atoms with E-state index in [0.717, 1.165) is 0 Å². The van der Waals surface area contributed by atoms with Crippen molar-refractivity contribution >= 4 is 0 Å². The Labute approximate surface area is 103 Å². The van der Waals surface area contributed by atoms with Crippen molar-refractivity contribution in [3.05, 3.63) is 65.7 Å². The minimum Gasteiger partial charge on any atom is -0.311 e. The maximum atomic E-state index is 12.0. The van der Waals surface area contributed by atoms with Crippen LogP contribution in [-0.4, -0.2) is 19.9 Å². The quantitative estimate of drug-likeness (QED) is 0.493. The lowest BCUT2D eigenvalue weighted by molar-refractivity contribution is 0.596. The Bertz CT molecular complexity index is 692. The van der Waals surface area contributed by atoms with Crippen LogP contribution in [0.4, 0.5) is 8.78 Å². The van der Waals surface area contributed by atoms with E-state index in [0.29, 0.717) is 12.4 Å². The van der Waals surface area contributed by atoms with E-state index in [1.807, 2.05) is 9.97 Å². The number of hydrogen-bond donors (Lipinski definition) is 4. The van der Waals surface area contributed by atoms with Gasteiger partial charge in [-0.3, -0.25) is 19.6 Å². The summed E-state index contributed by atoms with van der Waals surface area (Å²) in [7, 11) is 0. The molecule has 2 rings (SSSR count). The molecule has 8 nitrogen and oxygen atoms in total. The third-order valence-electron chi connectivity index (χ3n) is 1.55. The van der Waals surface area contributed by atoms with Crippen LogP contribution in [0, 0.1) is 11.6 Å². The summed E-state index contributed by atoms with van der Waals surface area (Å²) in [5.74, 6) is -1.98. The standard InChI is InChI=1S/2C4H3FN2O2.CH4/c2*5-2-1-6-4(9)7-3(2)8;/h2*1H,(H2,6,7,8,9);1H4/i5+0;5-1;. The van der Waals surface area contributed by atoms with Crippen molar-refractivity contribution < 1.29 is 8.78 Å². The molecule has 0 atom stereocenters. The highest BCUT2D eigenvalue weighted by Crippen LogP contribution is 1.74. The van der Waals surface area contributed by atoms with E-state index in [2.05, 4.69) is 0 Å². The molecule has 0 unspecified atom stereocenters. The maximum Gasteiger partial charge on any atom is 0.325 e. The molecular weight excluding hydrogens is 265 g/mol. The van der Waals surface area contributed by atoms with Crippen LogP contribution < -0.4 is 22.5 Å². The van der Waals surface area contributed by atoms with Gasteiger partial charge in [0.1, 0.15) is 0 Å². The molecule has 104 valence electrons. The van der Waals surface area contributed by atoms with E-state index in [1.54, 1.807) is 9.97 Å². The fourth-order valence-electron chi connectivity index (χ4n) is 0.787. The van der Waals surface area contributed by atoms with Gasteiger partial charge in [0, 0.05) is 12.4 Å². The monoisotopic (exact) mass is 275 g/mol. The Hall–Kier alpha value is -2.78. The number of H-pyrrole nitrogens is 4. The Kier molecular flexibility index (Phi) is 5.83. The summed E-state index contributed by atoms with van der Waals surface area (Å²) in [6.45, 7) is 0. The number of hydrogen-bond acceptors (Lipinski definition) is 4. The normalized spacial score (nSPS) is 8.95. The van der Waals surface area contributed by atoms with Crippen molar-refractivity contribution in [1.82, 2.24) is 19.9 Å². The highest BCUT2D eigenvalue weighted by atomic mass is 19.1. The highest BCUT2D eigenvalue weighted by Gasteiger charge is 1.94. The molecule has 0 radical (unpaired) electrons. The molecule has 19 heavy (non-hydrogen) atoms. The Morgan fingerprint density at radius 2 is 1.05 bits per heavy atom. The van der Waals surface area contributed by atoms with Crippen molar-refractivity contribution in [2.75, 3.05) is 0 Å². The number of aromatic amines is 4. The van der Waals surface area contributed by atoms with Gasteiger partial charge in [-0.05, 0) is 0 Å². The summed E-state index contributed by atoms with van der Waals surface area (Å²) >= 11 is 0. The number of halogens is 2. The molecule has 0 aromatic carbocycles. The minimum atomic E-state index is -1.00. The van der Waals surface area contributed by atoms with E-state index in [4.69, 9.17) is 0 Å². The largest absolute Gasteiger partial charge is 0.325 e. The van der Waals surface area contributed by atoms with Crippen molar-refractivity contribution in [3.8, 4) is 0 Å². The molecule has 2 aromatic heterocycles. The molecule has 10 heteroatoms. The zero-order valence-corrected chi connectivity index (χ0v) is 8.54. The fourth-order valence-corrected chi connectivity index (χ4v) is 0.787. The Morgan fingerprint density at radius 1 is 0.737 bits per heavy atom. The molecule has 0 amide bonds. The molecule has 2 aromatic rings. The van der Waals surface area contributed by atoms with E-state index in [9.17, 15) is 28.0 Å². The van der Waals surface area contributed by atoms with Crippen LogP contribution in [-0.2, 0) is 0 Å². The maximum absolute atomic E-state index is 12.0. The van der Waals surface area contributed by atoms with E-state index < -0.39 is 34.1 Å². The van der Waals surface area contributed by atoms with Gasteiger partial charge in [0.15, 0.2) is 0 Å². The van der Waals surface area contributed by atoms with Crippen LogP contribution in [0.1, 0.15) is 7.43 Å². The lowest BCUT2D eigenvalue weighted by Gasteiger charge is -1.81. The number of nitrogens with one attached hydrogen (secondary N) is 4. The van der Waals surface area contributed by atoms with Gasteiger partial charge in [0.05, 0.1) is 0 Å². The van der Waals surface area contributed by atoms with Gasteiger partial charge in [-0.25, -0.2) is 9.59 Å². The molecule has 0 aliphatic carbocycles. The summed E-state index contributed by atoms with van der Waals surface area (Å²) in [6, 6.07) is 0. The minimum absolute atomic E-state index is 0. The van der Waals surface area contributed by atoms with Crippen molar-refractivity contribution in [3.63, 3.8) is 0 Å². The topological polar surface area (TPSA) is 131 Å². The van der Waals surface area contributed by atoms with Crippen molar-refractivity contribution in [2.24, 2.45) is 0 Å². The van der Waals surface area contributed by atoms with Crippen LogP contribution >= 0.6 is 0 Å². The van der Waals surface area contributed by atoms with E-state index in [1.165, 1.54) is 0 Å². The lowest BCUT2D eigenvalue weighted by atomic mass is 10.6. The highest BCUT2D eigenvalue weighted by molar-refractivity contribution is 4.83. The molecule has 0 saturated heterocycles. The molecule has 2 heterocycles. The third-order valence-corrected chi connectivity index (χ3v) is 1.55. The van der Waals surface area contributed by atoms with Gasteiger partial charge < -0.3 is 9.97 Å². The van der Waals surface area contributed by atoms with Gasteiger partial charge in [-0.15, -0.1) is 0 Å². The van der Waals surface area contributed by atoms with Crippen LogP contribution in [0.25, 0.3) is 0 Å². The number of rotatable bonds is 0. The smallest absolute Gasteiger partial charge is 0.311 e. The van der Waals surface area contributed by atoms with Gasteiger partial charge in [0.25, 0.3) is 11.1 Å². The fraction of sp³-hybridized carbons (Fsp3) is 0.111. The van der Waals surface area contributed by atoms with Crippen LogP contribution in [0.15, 0.2) is 31.6 Å². The van der Waals surface area contributed by atoms with Gasteiger partial charge in [-0.2, -0.15) is 8.78 Å². The van der Waals surface area contributed by atoms with Crippen molar-refractivity contribution in [1.29, 1.82) is 0 Å². The lowest BCUT2D eigenvalue weighted by Crippen LogP contribution is -2.23. The Balaban J connectivity index is 0.000000324. The predicted molar refractivity (Wildman–Crippen MR) is 62.0 cm³/mol. The Morgan fingerprint density at radius 3 is 1.26 bits per heavy atom. The van der Waals surface area contributed by atoms with E-state index >= 15 is 0 Å². The average molecular weight is 275 g/mol. The second-order valence-corrected chi connectivity index (χ2v) is 2.84. The van der Waals surface area contributed by atoms with Crippen LogP contribution in [0.5, 0.6) is 0 Å². The molecular formula is C9H10F2N4O4. The third kappa shape index (κ3) is 4.93. The first-order chi connectivity index (χ1) is 8.40. The zero-order chi connectivity index (χ0) is 13.7. The van der Waals surface area contributed by atoms with Crippen molar-refractivity contribution in [2.45, 2.75) is 7.43 Å². The first kappa shape index (κ1) is 16.2. The van der Waals surface area contributed by atoms with Gasteiger partial charge in [-0.1, -0.05) is 7.43 Å². The average Bonchev–Trinajstić information content (AvgIpc) is 2.30. The molecule has 4 N–H and O–H groups in total. The molecule has 0 fully saturated rings. The second kappa shape index (κ2) is 6.83. The molecule has 0 aliphatic heterocycles. The van der Waals surface area contributed by atoms with Crippen LogP contribution in [0.2, 0.25) is 0 Å². The summed E-state index contributed by atoms with van der Waals surface area (Å²) in [6.07, 6.45) is 1.42. The first-order valence-corrected chi connectivity index (χ1v) is 4.35. The predicted octanol–water partition coefficient (Wildman–Crippen LogP) is -0.959. The SMILES string of the molecule is C.O=c1[nH]cc([18F])c(=O)[nH]1.O=c1[nH]cc([19F])c(=O)[nH]1. The van der Waals surface area contributed by atoms with Gasteiger partial charge in [0.2, 0.25) is 11.6 Å². The molecule has 0 aliphatic rings. The summed E-state index contributed by atoms with van der Waals surface area (Å²) < 4.78 is 24.0. The zero-order valence-electron chi connectivity index (χ0n) is 8.54. The summed E-state index contributed by atoms with van der Waals surface area (Å²) in [5.41, 5.74) is -3.42. The second-order valence-electron chi connectivity index (χ2n) is 2.84. The molecule has 0 bridgehead atoms. The van der Waals surface area contributed by atoms with E-state index in [-0.39, 0.29) is 7.43 Å². The van der Waals surface area contributed by atoms with Crippen LogP contribution in [0.3, 0.4) is 0 Å². The molecule has 0 spiro atoms. The first-order valence-electron chi connectivity index (χ1n) is 4.35. The molecule has 0 saturated carbocycles. The summed E-state index contributed by atoms with van der Waals surface area (Å²) in [4.78, 5) is 48.0. The summed E-state index contributed by atoms with van der Waals surface area (Å²) in [5, 5.41) is 0. The number of aromatic nitrogens is 4.